The van der Waals surface area contributed by atoms with E-state index in [0.29, 0.717) is 42.3 Å². The number of nitrogens with zero attached hydrogens (tertiary/aromatic N) is 1. The number of aldehydes is 1. The number of halogens is 3. The predicted octanol–water partition coefficient (Wildman–Crippen LogP) is 5.02. The SMILES string of the molecule is CN(CCNC(C=O)CO)c1ccc(Sc2cccc(OCc3ccccc3)c2)c(C(F)(F)F)c1. The van der Waals surface area contributed by atoms with Gasteiger partial charge in [0.1, 0.15) is 18.6 Å². The maximum absolute atomic E-state index is 13.9. The number of benzene rings is 3. The molecule has 35 heavy (non-hydrogen) atoms. The van der Waals surface area contributed by atoms with Crippen molar-refractivity contribution in [3.8, 4) is 5.75 Å². The maximum atomic E-state index is 13.9. The third-order valence-electron chi connectivity index (χ3n) is 5.21. The molecule has 0 amide bonds. The Balaban J connectivity index is 1.71. The van der Waals surface area contributed by atoms with Gasteiger partial charge in [0, 0.05) is 35.6 Å². The van der Waals surface area contributed by atoms with Crippen LogP contribution in [0.2, 0.25) is 0 Å². The van der Waals surface area contributed by atoms with Crippen molar-refractivity contribution in [3.63, 3.8) is 0 Å². The van der Waals surface area contributed by atoms with Crippen LogP contribution in [-0.2, 0) is 17.6 Å². The summed E-state index contributed by atoms with van der Waals surface area (Å²) in [4.78, 5) is 13.2. The van der Waals surface area contributed by atoms with Crippen LogP contribution in [0, 0.1) is 0 Å². The van der Waals surface area contributed by atoms with Crippen LogP contribution in [0.1, 0.15) is 11.1 Å². The molecule has 3 aromatic rings. The van der Waals surface area contributed by atoms with Crippen molar-refractivity contribution in [2.75, 3.05) is 31.6 Å². The fraction of sp³-hybridized carbons (Fsp3) is 0.269. The lowest BCUT2D eigenvalue weighted by Crippen LogP contribution is -2.39. The van der Waals surface area contributed by atoms with Crippen LogP contribution in [0.15, 0.2) is 82.6 Å². The van der Waals surface area contributed by atoms with E-state index in [1.807, 2.05) is 30.3 Å². The van der Waals surface area contributed by atoms with E-state index in [1.54, 1.807) is 42.3 Å². The molecule has 9 heteroatoms. The largest absolute Gasteiger partial charge is 0.489 e. The zero-order valence-electron chi connectivity index (χ0n) is 19.2. The van der Waals surface area contributed by atoms with Gasteiger partial charge in [-0.15, -0.1) is 0 Å². The zero-order valence-corrected chi connectivity index (χ0v) is 20.0. The van der Waals surface area contributed by atoms with E-state index in [-0.39, 0.29) is 11.5 Å². The number of hydrogen-bond donors (Lipinski definition) is 2. The number of alkyl halides is 3. The number of carbonyl (C=O) groups is 1. The Labute approximate surface area is 206 Å². The molecule has 0 aliphatic carbocycles. The standard InChI is InChI=1S/C26H27F3N2O3S/c1-31(13-12-30-20(16-32)17-33)21-10-11-25(24(14-21)26(27,28)29)35-23-9-5-8-22(15-23)34-18-19-6-3-2-4-7-19/h2-11,14-16,20,30,33H,12-13,17-18H2,1H3. The summed E-state index contributed by atoms with van der Waals surface area (Å²) in [6.45, 7) is 0.712. The second-order valence-corrected chi connectivity index (χ2v) is 8.95. The Morgan fingerprint density at radius 1 is 1.09 bits per heavy atom. The summed E-state index contributed by atoms with van der Waals surface area (Å²) in [5.74, 6) is 0.577. The molecule has 0 aromatic heterocycles. The molecule has 0 heterocycles. The minimum atomic E-state index is -4.53. The summed E-state index contributed by atoms with van der Waals surface area (Å²) in [6, 6.07) is 20.2. The Morgan fingerprint density at radius 2 is 1.86 bits per heavy atom. The van der Waals surface area contributed by atoms with Gasteiger partial charge < -0.3 is 24.9 Å². The van der Waals surface area contributed by atoms with Gasteiger partial charge in [0.2, 0.25) is 0 Å². The number of carbonyl (C=O) groups excluding carboxylic acids is 1. The summed E-state index contributed by atoms with van der Waals surface area (Å²) in [5, 5.41) is 11.9. The Kier molecular flexibility index (Phi) is 9.59. The zero-order chi connectivity index (χ0) is 25.3. The quantitative estimate of drug-likeness (QED) is 0.338. The summed E-state index contributed by atoms with van der Waals surface area (Å²) in [7, 11) is 1.67. The minimum Gasteiger partial charge on any atom is -0.489 e. The molecule has 0 bridgehead atoms. The van der Waals surface area contributed by atoms with Crippen molar-refractivity contribution in [2.24, 2.45) is 0 Å². The van der Waals surface area contributed by atoms with E-state index in [1.165, 1.54) is 6.07 Å². The van der Waals surface area contributed by atoms with Crippen LogP contribution in [0.4, 0.5) is 18.9 Å². The van der Waals surface area contributed by atoms with Crippen molar-refractivity contribution >= 4 is 23.7 Å². The maximum Gasteiger partial charge on any atom is 0.417 e. The number of anilines is 1. The van der Waals surface area contributed by atoms with Crippen LogP contribution in [0.25, 0.3) is 0 Å². The molecule has 1 unspecified atom stereocenters. The first-order valence-corrected chi connectivity index (χ1v) is 11.8. The number of aliphatic hydroxyl groups excluding tert-OH is 1. The van der Waals surface area contributed by atoms with Crippen LogP contribution in [0.5, 0.6) is 5.75 Å². The normalized spacial score (nSPS) is 12.3. The number of hydrogen-bond acceptors (Lipinski definition) is 6. The average Bonchev–Trinajstić information content (AvgIpc) is 2.86. The molecule has 1 atom stereocenters. The first kappa shape index (κ1) is 26.6. The molecule has 2 N–H and O–H groups in total. The number of likely N-dealkylation sites (N-methyl/N-ethyl adjacent to an activating group) is 1. The first-order valence-electron chi connectivity index (χ1n) is 11.0. The van der Waals surface area contributed by atoms with Gasteiger partial charge in [-0.25, -0.2) is 0 Å². The van der Waals surface area contributed by atoms with Crippen molar-refractivity contribution in [3.05, 3.63) is 83.9 Å². The molecule has 186 valence electrons. The lowest BCUT2D eigenvalue weighted by Gasteiger charge is -2.23. The molecule has 0 radical (unpaired) electrons. The molecule has 0 aliphatic rings. The van der Waals surface area contributed by atoms with Crippen molar-refractivity contribution < 1.29 is 27.8 Å². The Hall–Kier alpha value is -3.01. The van der Waals surface area contributed by atoms with Gasteiger partial charge in [-0.05, 0) is 42.0 Å². The van der Waals surface area contributed by atoms with Gasteiger partial charge >= 0.3 is 6.18 Å². The average molecular weight is 505 g/mol. The fourth-order valence-corrected chi connectivity index (χ4v) is 4.26. The second-order valence-electron chi connectivity index (χ2n) is 7.83. The fourth-order valence-electron chi connectivity index (χ4n) is 3.26. The first-order chi connectivity index (χ1) is 16.8. The van der Waals surface area contributed by atoms with Crippen LogP contribution >= 0.6 is 11.8 Å². The third kappa shape index (κ3) is 8.02. The van der Waals surface area contributed by atoms with E-state index >= 15 is 0 Å². The summed E-state index contributed by atoms with van der Waals surface area (Å²) < 4.78 is 47.5. The molecular formula is C26H27F3N2O3S. The van der Waals surface area contributed by atoms with E-state index in [9.17, 15) is 18.0 Å². The highest BCUT2D eigenvalue weighted by molar-refractivity contribution is 7.99. The number of rotatable bonds is 12. The number of nitrogens with one attached hydrogen (secondary N) is 1. The lowest BCUT2D eigenvalue weighted by molar-refractivity contribution is -0.139. The van der Waals surface area contributed by atoms with Crippen molar-refractivity contribution in [1.29, 1.82) is 0 Å². The van der Waals surface area contributed by atoms with Crippen molar-refractivity contribution in [1.82, 2.24) is 5.32 Å². The van der Waals surface area contributed by atoms with E-state index in [4.69, 9.17) is 9.84 Å². The lowest BCUT2D eigenvalue weighted by atomic mass is 10.2. The molecule has 3 aromatic carbocycles. The van der Waals surface area contributed by atoms with Crippen LogP contribution in [-0.4, -0.2) is 44.2 Å². The second kappa shape index (κ2) is 12.6. The van der Waals surface area contributed by atoms with Gasteiger partial charge in [-0.3, -0.25) is 0 Å². The van der Waals surface area contributed by atoms with Gasteiger partial charge in [-0.2, -0.15) is 13.2 Å². The van der Waals surface area contributed by atoms with E-state index < -0.39 is 17.8 Å². The molecule has 0 spiro atoms. The third-order valence-corrected chi connectivity index (χ3v) is 6.27. The van der Waals surface area contributed by atoms with Gasteiger partial charge in [0.25, 0.3) is 0 Å². The predicted molar refractivity (Wildman–Crippen MR) is 131 cm³/mol. The Morgan fingerprint density at radius 3 is 2.54 bits per heavy atom. The van der Waals surface area contributed by atoms with Gasteiger partial charge in [-0.1, -0.05) is 48.2 Å². The minimum absolute atomic E-state index is 0.0919. The summed E-state index contributed by atoms with van der Waals surface area (Å²) in [6.07, 6.45) is -3.94. The smallest absolute Gasteiger partial charge is 0.417 e. The van der Waals surface area contributed by atoms with Gasteiger partial charge in [0.05, 0.1) is 18.2 Å². The summed E-state index contributed by atoms with van der Waals surface area (Å²) in [5.41, 5.74) is 0.671. The summed E-state index contributed by atoms with van der Waals surface area (Å²) >= 11 is 1.03. The number of ether oxygens (including phenoxy) is 1. The molecular weight excluding hydrogens is 477 g/mol. The van der Waals surface area contributed by atoms with E-state index in [2.05, 4.69) is 5.32 Å². The van der Waals surface area contributed by atoms with Crippen molar-refractivity contribution in [2.45, 2.75) is 28.6 Å². The molecule has 0 fully saturated rings. The van der Waals surface area contributed by atoms with Crippen LogP contribution < -0.4 is 15.0 Å². The van der Waals surface area contributed by atoms with Gasteiger partial charge in [0.15, 0.2) is 0 Å². The monoisotopic (exact) mass is 504 g/mol. The highest BCUT2D eigenvalue weighted by atomic mass is 32.2. The van der Waals surface area contributed by atoms with E-state index in [0.717, 1.165) is 23.4 Å². The Bertz CT molecular complexity index is 1100. The molecule has 3 rings (SSSR count). The topological polar surface area (TPSA) is 61.8 Å². The van der Waals surface area contributed by atoms with Crippen LogP contribution in [0.3, 0.4) is 0 Å². The molecule has 0 saturated carbocycles. The molecule has 0 aliphatic heterocycles. The molecule has 5 nitrogen and oxygen atoms in total. The highest BCUT2D eigenvalue weighted by Gasteiger charge is 2.34. The number of aliphatic hydroxyl groups is 1. The molecule has 0 saturated heterocycles. The highest BCUT2D eigenvalue weighted by Crippen LogP contribution is 2.41.